The maximum Gasteiger partial charge on any atom is 0.338 e. The van der Waals surface area contributed by atoms with Gasteiger partial charge in [-0.25, -0.2) is 4.79 Å². The Hall–Kier alpha value is -2.95. The molecule has 5 nitrogen and oxygen atoms in total. The third-order valence-corrected chi connectivity index (χ3v) is 3.58. The second kappa shape index (κ2) is 8.06. The third-order valence-electron chi connectivity index (χ3n) is 3.58. The summed E-state index contributed by atoms with van der Waals surface area (Å²) in [5, 5.41) is 2.71. The van der Waals surface area contributed by atoms with E-state index >= 15 is 0 Å². The van der Waals surface area contributed by atoms with E-state index < -0.39 is 5.97 Å². The van der Waals surface area contributed by atoms with Gasteiger partial charge in [-0.3, -0.25) is 9.59 Å². The van der Waals surface area contributed by atoms with E-state index in [-0.39, 0.29) is 23.9 Å². The highest BCUT2D eigenvalue weighted by molar-refractivity contribution is 5.98. The van der Waals surface area contributed by atoms with Crippen LogP contribution in [0.4, 0.5) is 0 Å². The molecule has 0 saturated heterocycles. The van der Waals surface area contributed by atoms with Crippen LogP contribution in [0, 0.1) is 6.92 Å². The number of ether oxygens (including phenoxy) is 1. The molecule has 0 unspecified atom stereocenters. The number of esters is 1. The number of aryl methyl sites for hydroxylation is 1. The van der Waals surface area contributed by atoms with Crippen molar-refractivity contribution in [3.8, 4) is 0 Å². The van der Waals surface area contributed by atoms with Crippen molar-refractivity contribution in [1.29, 1.82) is 0 Å². The van der Waals surface area contributed by atoms with Crippen LogP contribution >= 0.6 is 0 Å². The van der Waals surface area contributed by atoms with Crippen molar-refractivity contribution >= 4 is 17.7 Å². The molecule has 124 valence electrons. The number of rotatable bonds is 6. The molecule has 2 aromatic carbocycles. The van der Waals surface area contributed by atoms with Gasteiger partial charge in [0.25, 0.3) is 5.91 Å². The number of ketones is 1. The highest BCUT2D eigenvalue weighted by Crippen LogP contribution is 2.08. The first-order chi connectivity index (χ1) is 11.5. The smallest absolute Gasteiger partial charge is 0.338 e. The molecule has 2 rings (SSSR count). The molecule has 0 fully saturated rings. The van der Waals surface area contributed by atoms with Crippen molar-refractivity contribution in [2.75, 3.05) is 6.61 Å². The average Bonchev–Trinajstić information content (AvgIpc) is 2.59. The van der Waals surface area contributed by atoms with Gasteiger partial charge in [0.15, 0.2) is 12.4 Å². The molecular formula is C19H19NO4. The second-order valence-electron chi connectivity index (χ2n) is 5.42. The third kappa shape index (κ3) is 4.78. The Labute approximate surface area is 140 Å². The van der Waals surface area contributed by atoms with Crippen LogP contribution in [-0.2, 0) is 16.1 Å². The van der Waals surface area contributed by atoms with Crippen molar-refractivity contribution in [3.63, 3.8) is 0 Å². The number of nitrogens with one attached hydrogen (secondary N) is 1. The van der Waals surface area contributed by atoms with Gasteiger partial charge in [-0.1, -0.05) is 36.4 Å². The molecule has 1 N–H and O–H groups in total. The average molecular weight is 325 g/mol. The van der Waals surface area contributed by atoms with Crippen molar-refractivity contribution in [3.05, 3.63) is 70.8 Å². The lowest BCUT2D eigenvalue weighted by atomic mass is 10.1. The van der Waals surface area contributed by atoms with E-state index in [1.54, 1.807) is 18.2 Å². The maximum atomic E-state index is 11.9. The molecule has 1 amide bonds. The summed E-state index contributed by atoms with van der Waals surface area (Å²) < 4.78 is 4.98. The van der Waals surface area contributed by atoms with Gasteiger partial charge in [0.05, 0.1) is 5.56 Å². The summed E-state index contributed by atoms with van der Waals surface area (Å²) in [7, 11) is 0. The van der Waals surface area contributed by atoms with Crippen molar-refractivity contribution in [1.82, 2.24) is 5.32 Å². The number of carbonyl (C=O) groups is 3. The van der Waals surface area contributed by atoms with E-state index in [9.17, 15) is 14.4 Å². The molecule has 2 aromatic rings. The highest BCUT2D eigenvalue weighted by Gasteiger charge is 2.12. The summed E-state index contributed by atoms with van der Waals surface area (Å²) in [6.45, 7) is 3.39. The molecule has 5 heteroatoms. The van der Waals surface area contributed by atoms with Crippen molar-refractivity contribution < 1.29 is 19.1 Å². The van der Waals surface area contributed by atoms with E-state index in [0.717, 1.165) is 11.1 Å². The van der Waals surface area contributed by atoms with Gasteiger partial charge in [-0.05, 0) is 37.1 Å². The fraction of sp³-hybridized carbons (Fsp3) is 0.211. The van der Waals surface area contributed by atoms with Crippen LogP contribution in [0.15, 0.2) is 48.5 Å². The molecule has 0 radical (unpaired) electrons. The Morgan fingerprint density at radius 1 is 1.00 bits per heavy atom. The Morgan fingerprint density at radius 3 is 2.42 bits per heavy atom. The summed E-state index contributed by atoms with van der Waals surface area (Å²) in [5.74, 6) is -1.15. The summed E-state index contributed by atoms with van der Waals surface area (Å²) in [6.07, 6.45) is 0. The van der Waals surface area contributed by atoms with Crippen molar-refractivity contribution in [2.45, 2.75) is 20.4 Å². The van der Waals surface area contributed by atoms with Crippen LogP contribution in [0.25, 0.3) is 0 Å². The van der Waals surface area contributed by atoms with Crippen LogP contribution in [0.1, 0.15) is 38.8 Å². The van der Waals surface area contributed by atoms with Gasteiger partial charge in [0.2, 0.25) is 0 Å². The lowest BCUT2D eigenvalue weighted by Crippen LogP contribution is -2.28. The molecule has 0 heterocycles. The van der Waals surface area contributed by atoms with E-state index in [0.29, 0.717) is 12.1 Å². The number of Topliss-reactive ketones (excluding diaryl/α,β-unsaturated/α-hetero) is 1. The minimum Gasteiger partial charge on any atom is -0.452 e. The van der Waals surface area contributed by atoms with Gasteiger partial charge in [-0.15, -0.1) is 0 Å². The van der Waals surface area contributed by atoms with Gasteiger partial charge in [0.1, 0.15) is 0 Å². The number of hydrogen-bond acceptors (Lipinski definition) is 4. The number of hydrogen-bond donors (Lipinski definition) is 1. The SMILES string of the molecule is CC(=O)c1cccc(C(=O)OCC(=O)NCc2ccccc2C)c1. The van der Waals surface area contributed by atoms with Gasteiger partial charge in [-0.2, -0.15) is 0 Å². The molecule has 0 aliphatic heterocycles. The summed E-state index contributed by atoms with van der Waals surface area (Å²) in [5.41, 5.74) is 2.75. The topological polar surface area (TPSA) is 72.5 Å². The molecule has 0 bridgehead atoms. The Balaban J connectivity index is 1.85. The summed E-state index contributed by atoms with van der Waals surface area (Å²) in [6, 6.07) is 13.9. The molecule has 0 aliphatic rings. The first-order valence-electron chi connectivity index (χ1n) is 7.56. The molecule has 0 atom stereocenters. The van der Waals surface area contributed by atoms with Crippen LogP contribution in [0.3, 0.4) is 0 Å². The van der Waals surface area contributed by atoms with Crippen LogP contribution in [-0.4, -0.2) is 24.3 Å². The Kier molecular flexibility index (Phi) is 5.84. The number of carbonyl (C=O) groups excluding carboxylic acids is 3. The number of amides is 1. The van der Waals surface area contributed by atoms with E-state index in [1.165, 1.54) is 13.0 Å². The molecule has 0 spiro atoms. The molecule has 24 heavy (non-hydrogen) atoms. The van der Waals surface area contributed by atoms with Gasteiger partial charge in [0, 0.05) is 12.1 Å². The van der Waals surface area contributed by atoms with Crippen LogP contribution in [0.5, 0.6) is 0 Å². The normalized spacial score (nSPS) is 10.1. The largest absolute Gasteiger partial charge is 0.452 e. The fourth-order valence-corrected chi connectivity index (χ4v) is 2.13. The van der Waals surface area contributed by atoms with Crippen molar-refractivity contribution in [2.24, 2.45) is 0 Å². The first-order valence-corrected chi connectivity index (χ1v) is 7.56. The maximum absolute atomic E-state index is 11.9. The van der Waals surface area contributed by atoms with Gasteiger partial charge >= 0.3 is 5.97 Å². The second-order valence-corrected chi connectivity index (χ2v) is 5.42. The Bertz CT molecular complexity index is 767. The fourth-order valence-electron chi connectivity index (χ4n) is 2.13. The molecule has 0 aromatic heterocycles. The zero-order valence-corrected chi connectivity index (χ0v) is 13.7. The minimum absolute atomic E-state index is 0.138. The van der Waals surface area contributed by atoms with Gasteiger partial charge < -0.3 is 10.1 Å². The zero-order chi connectivity index (χ0) is 17.5. The summed E-state index contributed by atoms with van der Waals surface area (Å²) in [4.78, 5) is 35.1. The molecule has 0 aliphatic carbocycles. The Morgan fingerprint density at radius 2 is 1.71 bits per heavy atom. The summed E-state index contributed by atoms with van der Waals surface area (Å²) >= 11 is 0. The number of benzene rings is 2. The van der Waals surface area contributed by atoms with Crippen LogP contribution in [0.2, 0.25) is 0 Å². The van der Waals surface area contributed by atoms with Crippen LogP contribution < -0.4 is 5.32 Å². The monoisotopic (exact) mass is 325 g/mol. The predicted molar refractivity (Wildman–Crippen MR) is 89.8 cm³/mol. The molecular weight excluding hydrogens is 306 g/mol. The van der Waals surface area contributed by atoms with E-state index in [4.69, 9.17) is 4.74 Å². The van der Waals surface area contributed by atoms with E-state index in [1.807, 2.05) is 31.2 Å². The lowest BCUT2D eigenvalue weighted by Gasteiger charge is -2.09. The lowest BCUT2D eigenvalue weighted by molar-refractivity contribution is -0.124. The van der Waals surface area contributed by atoms with E-state index in [2.05, 4.69) is 5.32 Å². The standard InChI is InChI=1S/C19H19NO4/c1-13-6-3-4-7-17(13)11-20-18(22)12-24-19(23)16-9-5-8-15(10-16)14(2)21/h3-10H,11-12H2,1-2H3,(H,20,22). The minimum atomic E-state index is -0.635. The molecule has 0 saturated carbocycles. The quantitative estimate of drug-likeness (QED) is 0.655. The first kappa shape index (κ1) is 17.4. The predicted octanol–water partition coefficient (Wildman–Crippen LogP) is 2.67. The highest BCUT2D eigenvalue weighted by atomic mass is 16.5. The zero-order valence-electron chi connectivity index (χ0n) is 13.7.